The number of aliphatic hydroxyl groups is 1. The third-order valence-electron chi connectivity index (χ3n) is 3.75. The molecule has 0 aliphatic rings. The van der Waals surface area contributed by atoms with Crippen LogP contribution in [0.3, 0.4) is 0 Å². The number of methoxy groups -OCH3 is 1. The van der Waals surface area contributed by atoms with E-state index in [4.69, 9.17) is 4.74 Å². The highest BCUT2D eigenvalue weighted by Crippen LogP contribution is 2.21. The van der Waals surface area contributed by atoms with Crippen molar-refractivity contribution in [2.75, 3.05) is 13.7 Å². The number of ether oxygens (including phenoxy) is 1. The third kappa shape index (κ3) is 4.69. The highest BCUT2D eigenvalue weighted by atomic mass is 32.2. The van der Waals surface area contributed by atoms with Crippen molar-refractivity contribution in [1.82, 2.24) is 4.72 Å². The van der Waals surface area contributed by atoms with Crippen LogP contribution in [0.5, 0.6) is 5.75 Å². The quantitative estimate of drug-likeness (QED) is 0.770. The minimum atomic E-state index is -3.62. The summed E-state index contributed by atoms with van der Waals surface area (Å²) in [6.45, 7) is 5.79. The largest absolute Gasteiger partial charge is 0.496 e. The van der Waals surface area contributed by atoms with Crippen molar-refractivity contribution in [2.24, 2.45) is 5.92 Å². The normalized spacial score (nSPS) is 13.4. The molecule has 0 radical (unpaired) electrons. The molecule has 0 aliphatic carbocycles. The first kappa shape index (κ1) is 17.9. The maximum Gasteiger partial charge on any atom is 0.240 e. The van der Waals surface area contributed by atoms with Gasteiger partial charge in [0.25, 0.3) is 0 Å². The fraction of sp³-hybridized carbons (Fsp3) is 0.600. The predicted molar refractivity (Wildman–Crippen MR) is 83.0 cm³/mol. The SMILES string of the molecule is CCC(CC)C(O)CNS(=O)(=O)c1ccc(OC)c(C)c1. The lowest BCUT2D eigenvalue weighted by Gasteiger charge is -2.20. The van der Waals surface area contributed by atoms with Gasteiger partial charge in [-0.1, -0.05) is 26.7 Å². The van der Waals surface area contributed by atoms with Crippen LogP contribution in [0.2, 0.25) is 0 Å². The van der Waals surface area contributed by atoms with E-state index >= 15 is 0 Å². The van der Waals surface area contributed by atoms with Crippen LogP contribution in [0.4, 0.5) is 0 Å². The van der Waals surface area contributed by atoms with Gasteiger partial charge in [0.2, 0.25) is 10.0 Å². The van der Waals surface area contributed by atoms with Gasteiger partial charge < -0.3 is 9.84 Å². The smallest absolute Gasteiger partial charge is 0.240 e. The van der Waals surface area contributed by atoms with Gasteiger partial charge in [0.05, 0.1) is 18.1 Å². The lowest BCUT2D eigenvalue weighted by atomic mass is 9.97. The van der Waals surface area contributed by atoms with E-state index in [9.17, 15) is 13.5 Å². The Morgan fingerprint density at radius 1 is 1.29 bits per heavy atom. The van der Waals surface area contributed by atoms with E-state index in [-0.39, 0.29) is 17.4 Å². The summed E-state index contributed by atoms with van der Waals surface area (Å²) in [6, 6.07) is 4.68. The van der Waals surface area contributed by atoms with Gasteiger partial charge in [-0.05, 0) is 36.6 Å². The predicted octanol–water partition coefficient (Wildman–Crippen LogP) is 2.08. The summed E-state index contributed by atoms with van der Waals surface area (Å²) < 4.78 is 32.0. The van der Waals surface area contributed by atoms with Crippen molar-refractivity contribution in [3.63, 3.8) is 0 Å². The van der Waals surface area contributed by atoms with E-state index in [0.29, 0.717) is 5.75 Å². The van der Waals surface area contributed by atoms with Crippen molar-refractivity contribution in [3.8, 4) is 5.75 Å². The Morgan fingerprint density at radius 2 is 1.90 bits per heavy atom. The molecule has 0 aromatic heterocycles. The molecule has 0 heterocycles. The minimum absolute atomic E-state index is 0.0275. The summed E-state index contributed by atoms with van der Waals surface area (Å²) in [4.78, 5) is 0.178. The number of benzene rings is 1. The minimum Gasteiger partial charge on any atom is -0.496 e. The average molecular weight is 315 g/mol. The average Bonchev–Trinajstić information content (AvgIpc) is 2.46. The fourth-order valence-electron chi connectivity index (χ4n) is 2.30. The molecule has 1 atom stereocenters. The van der Waals surface area contributed by atoms with Gasteiger partial charge in [0.15, 0.2) is 0 Å². The maximum atomic E-state index is 12.2. The molecule has 5 nitrogen and oxygen atoms in total. The van der Waals surface area contributed by atoms with Crippen molar-refractivity contribution in [1.29, 1.82) is 0 Å². The Kier molecular flexibility index (Phi) is 6.64. The molecule has 120 valence electrons. The molecule has 0 bridgehead atoms. The van der Waals surface area contributed by atoms with Crippen LogP contribution in [0.1, 0.15) is 32.3 Å². The second-order valence-corrected chi connectivity index (χ2v) is 6.89. The third-order valence-corrected chi connectivity index (χ3v) is 5.17. The molecule has 1 aromatic carbocycles. The lowest BCUT2D eigenvalue weighted by Crippen LogP contribution is -2.36. The number of aliphatic hydroxyl groups excluding tert-OH is 1. The molecule has 1 rings (SSSR count). The molecule has 0 amide bonds. The van der Waals surface area contributed by atoms with E-state index in [0.717, 1.165) is 18.4 Å². The molecule has 6 heteroatoms. The molecule has 1 unspecified atom stereocenters. The zero-order valence-electron chi connectivity index (χ0n) is 13.1. The summed E-state index contributed by atoms with van der Waals surface area (Å²) >= 11 is 0. The number of aryl methyl sites for hydroxylation is 1. The van der Waals surface area contributed by atoms with Crippen molar-refractivity contribution < 1.29 is 18.3 Å². The van der Waals surface area contributed by atoms with E-state index in [1.807, 2.05) is 13.8 Å². The van der Waals surface area contributed by atoms with Crippen LogP contribution in [0.25, 0.3) is 0 Å². The van der Waals surface area contributed by atoms with Gasteiger partial charge in [-0.3, -0.25) is 0 Å². The lowest BCUT2D eigenvalue weighted by molar-refractivity contribution is 0.107. The molecular weight excluding hydrogens is 290 g/mol. The Labute approximate surface area is 127 Å². The number of sulfonamides is 1. The summed E-state index contributed by atoms with van der Waals surface area (Å²) in [6.07, 6.45) is 0.969. The molecule has 21 heavy (non-hydrogen) atoms. The van der Waals surface area contributed by atoms with Crippen LogP contribution in [-0.2, 0) is 10.0 Å². The molecule has 0 saturated carbocycles. The van der Waals surface area contributed by atoms with Crippen molar-refractivity contribution >= 4 is 10.0 Å². The van der Waals surface area contributed by atoms with Crippen molar-refractivity contribution in [2.45, 2.75) is 44.6 Å². The monoisotopic (exact) mass is 315 g/mol. The number of rotatable bonds is 8. The molecule has 0 fully saturated rings. The van der Waals surface area contributed by atoms with E-state index < -0.39 is 16.1 Å². The van der Waals surface area contributed by atoms with E-state index in [1.165, 1.54) is 6.07 Å². The Balaban J connectivity index is 2.80. The maximum absolute atomic E-state index is 12.2. The van der Waals surface area contributed by atoms with E-state index in [2.05, 4.69) is 4.72 Å². The summed E-state index contributed by atoms with van der Waals surface area (Å²) in [5, 5.41) is 10.0. The highest BCUT2D eigenvalue weighted by molar-refractivity contribution is 7.89. The van der Waals surface area contributed by atoms with Crippen LogP contribution in [0.15, 0.2) is 23.1 Å². The molecule has 2 N–H and O–H groups in total. The highest BCUT2D eigenvalue weighted by Gasteiger charge is 2.20. The van der Waals surface area contributed by atoms with Gasteiger partial charge in [0.1, 0.15) is 5.75 Å². The molecule has 1 aromatic rings. The topological polar surface area (TPSA) is 75.6 Å². The van der Waals surface area contributed by atoms with Gasteiger partial charge in [0, 0.05) is 6.54 Å². The van der Waals surface area contributed by atoms with E-state index in [1.54, 1.807) is 26.2 Å². The van der Waals surface area contributed by atoms with Gasteiger partial charge in [-0.25, -0.2) is 13.1 Å². The number of nitrogens with one attached hydrogen (secondary N) is 1. The Hall–Kier alpha value is -1.11. The molecule has 0 saturated heterocycles. The number of hydrogen-bond donors (Lipinski definition) is 2. The summed E-state index contributed by atoms with van der Waals surface area (Å²) in [7, 11) is -2.08. The summed E-state index contributed by atoms with van der Waals surface area (Å²) in [5.74, 6) is 0.747. The molecule has 0 aliphatic heterocycles. The van der Waals surface area contributed by atoms with Crippen LogP contribution >= 0.6 is 0 Å². The first-order chi connectivity index (χ1) is 9.85. The van der Waals surface area contributed by atoms with Gasteiger partial charge in [-0.15, -0.1) is 0 Å². The van der Waals surface area contributed by atoms with Crippen LogP contribution < -0.4 is 9.46 Å². The van der Waals surface area contributed by atoms with Crippen molar-refractivity contribution in [3.05, 3.63) is 23.8 Å². The van der Waals surface area contributed by atoms with Gasteiger partial charge >= 0.3 is 0 Å². The zero-order valence-corrected chi connectivity index (χ0v) is 13.9. The number of hydrogen-bond acceptors (Lipinski definition) is 4. The van der Waals surface area contributed by atoms with Gasteiger partial charge in [-0.2, -0.15) is 0 Å². The first-order valence-electron chi connectivity index (χ1n) is 7.18. The fourth-order valence-corrected chi connectivity index (χ4v) is 3.43. The Bertz CT molecular complexity index is 553. The second-order valence-electron chi connectivity index (χ2n) is 5.13. The first-order valence-corrected chi connectivity index (χ1v) is 8.66. The Morgan fingerprint density at radius 3 is 2.38 bits per heavy atom. The van der Waals surface area contributed by atoms with Crippen LogP contribution in [-0.4, -0.2) is 33.3 Å². The standard InChI is InChI=1S/C15H25NO4S/c1-5-12(6-2)14(17)10-16-21(18,19)13-7-8-15(20-4)11(3)9-13/h7-9,12,14,16-17H,5-6,10H2,1-4H3. The van der Waals surface area contributed by atoms with Crippen LogP contribution in [0, 0.1) is 12.8 Å². The second kappa shape index (κ2) is 7.77. The molecular formula is C15H25NO4S. The summed E-state index contributed by atoms with van der Waals surface area (Å²) in [5.41, 5.74) is 0.751. The zero-order chi connectivity index (χ0) is 16.0. The molecule has 0 spiro atoms.